The monoisotopic (exact) mass is 227 g/mol. The van der Waals surface area contributed by atoms with E-state index >= 15 is 0 Å². The lowest BCUT2D eigenvalue weighted by molar-refractivity contribution is -0.121. The highest BCUT2D eigenvalue weighted by Gasteiger charge is 2.10. The molecule has 1 fully saturated rings. The molecule has 0 radical (unpaired) electrons. The van der Waals surface area contributed by atoms with E-state index in [9.17, 15) is 4.79 Å². The molecule has 4 nitrogen and oxygen atoms in total. The third-order valence-electron chi connectivity index (χ3n) is 3.00. The average Bonchev–Trinajstić information content (AvgIpc) is 2.74. The van der Waals surface area contributed by atoms with Gasteiger partial charge in [0.1, 0.15) is 0 Å². The summed E-state index contributed by atoms with van der Waals surface area (Å²) in [5, 5.41) is 2.94. The third-order valence-corrected chi connectivity index (χ3v) is 3.00. The molecule has 3 N–H and O–H groups in total. The topological polar surface area (TPSA) is 58.4 Å². The lowest BCUT2D eigenvalue weighted by atomic mass is 10.2. The second-order valence-electron chi connectivity index (χ2n) is 4.77. The summed E-state index contributed by atoms with van der Waals surface area (Å²) in [6.45, 7) is 6.32. The highest BCUT2D eigenvalue weighted by molar-refractivity contribution is 5.75. The molecule has 1 rings (SSSR count). The molecule has 0 saturated carbocycles. The van der Waals surface area contributed by atoms with E-state index in [2.05, 4.69) is 10.2 Å². The zero-order valence-electron chi connectivity index (χ0n) is 10.4. The van der Waals surface area contributed by atoms with Crippen LogP contribution in [-0.2, 0) is 4.79 Å². The first-order chi connectivity index (χ1) is 7.68. The number of rotatable bonds is 7. The van der Waals surface area contributed by atoms with Crippen molar-refractivity contribution in [2.75, 3.05) is 26.2 Å². The van der Waals surface area contributed by atoms with Crippen molar-refractivity contribution in [1.29, 1.82) is 0 Å². The Balaban J connectivity index is 1.91. The predicted molar refractivity (Wildman–Crippen MR) is 66.2 cm³/mol. The highest BCUT2D eigenvalue weighted by atomic mass is 16.1. The summed E-state index contributed by atoms with van der Waals surface area (Å²) in [6.07, 6.45) is 5.06. The second kappa shape index (κ2) is 7.63. The molecule has 0 aromatic heterocycles. The molecule has 1 unspecified atom stereocenters. The molecule has 1 aliphatic rings. The molecule has 1 aliphatic heterocycles. The number of carbonyl (C=O) groups excluding carboxylic acids is 1. The first kappa shape index (κ1) is 13.5. The number of nitrogens with zero attached hydrogens (tertiary/aromatic N) is 1. The van der Waals surface area contributed by atoms with Crippen molar-refractivity contribution < 1.29 is 4.79 Å². The van der Waals surface area contributed by atoms with Gasteiger partial charge in [0.05, 0.1) is 0 Å². The summed E-state index contributed by atoms with van der Waals surface area (Å²) in [5.74, 6) is 0.138. The molecular formula is C12H25N3O. The molecule has 1 atom stereocenters. The minimum Gasteiger partial charge on any atom is -0.356 e. The van der Waals surface area contributed by atoms with Crippen LogP contribution in [0.4, 0.5) is 0 Å². The van der Waals surface area contributed by atoms with E-state index in [4.69, 9.17) is 5.73 Å². The second-order valence-corrected chi connectivity index (χ2v) is 4.77. The van der Waals surface area contributed by atoms with E-state index in [1.165, 1.54) is 25.9 Å². The van der Waals surface area contributed by atoms with Crippen LogP contribution in [0.25, 0.3) is 0 Å². The highest BCUT2D eigenvalue weighted by Crippen LogP contribution is 2.06. The lowest BCUT2D eigenvalue weighted by Gasteiger charge is -2.14. The van der Waals surface area contributed by atoms with Gasteiger partial charge in [0, 0.05) is 19.0 Å². The smallest absolute Gasteiger partial charge is 0.220 e. The molecule has 1 saturated heterocycles. The Morgan fingerprint density at radius 1 is 1.44 bits per heavy atom. The minimum absolute atomic E-state index is 0.121. The van der Waals surface area contributed by atoms with Crippen molar-refractivity contribution in [3.05, 3.63) is 0 Å². The maximum absolute atomic E-state index is 11.4. The van der Waals surface area contributed by atoms with Crippen molar-refractivity contribution in [3.8, 4) is 0 Å². The third kappa shape index (κ3) is 6.08. The molecule has 1 heterocycles. The van der Waals surface area contributed by atoms with E-state index in [0.29, 0.717) is 6.42 Å². The molecule has 0 aliphatic carbocycles. The van der Waals surface area contributed by atoms with Gasteiger partial charge in [0.15, 0.2) is 0 Å². The summed E-state index contributed by atoms with van der Waals surface area (Å²) < 4.78 is 0. The Labute approximate surface area is 98.6 Å². The van der Waals surface area contributed by atoms with Crippen molar-refractivity contribution >= 4 is 5.91 Å². The van der Waals surface area contributed by atoms with E-state index < -0.39 is 0 Å². The molecule has 16 heavy (non-hydrogen) atoms. The lowest BCUT2D eigenvalue weighted by Crippen LogP contribution is -2.29. The first-order valence-corrected chi connectivity index (χ1v) is 6.43. The fourth-order valence-electron chi connectivity index (χ4n) is 1.98. The van der Waals surface area contributed by atoms with Gasteiger partial charge in [-0.25, -0.2) is 0 Å². The van der Waals surface area contributed by atoms with Gasteiger partial charge in [0.25, 0.3) is 0 Å². The fraction of sp³-hybridized carbons (Fsp3) is 0.917. The predicted octanol–water partition coefficient (Wildman–Crippen LogP) is 0.716. The standard InChI is InChI=1S/C12H25N3O/c1-11(13)5-6-12(16)14-7-4-10-15-8-2-3-9-15/h11H,2-10,13H2,1H3,(H,14,16). The Bertz CT molecular complexity index is 200. The van der Waals surface area contributed by atoms with Crippen LogP contribution in [0.5, 0.6) is 0 Å². The fourth-order valence-corrected chi connectivity index (χ4v) is 1.98. The molecular weight excluding hydrogens is 202 g/mol. The van der Waals surface area contributed by atoms with Gasteiger partial charge in [-0.05, 0) is 52.2 Å². The van der Waals surface area contributed by atoms with Crippen LogP contribution in [0.2, 0.25) is 0 Å². The molecule has 0 aromatic carbocycles. The largest absolute Gasteiger partial charge is 0.356 e. The number of nitrogens with two attached hydrogens (primary N) is 1. The number of nitrogens with one attached hydrogen (secondary N) is 1. The van der Waals surface area contributed by atoms with Gasteiger partial charge >= 0.3 is 0 Å². The SMILES string of the molecule is CC(N)CCC(=O)NCCCN1CCCC1. The van der Waals surface area contributed by atoms with Crippen molar-refractivity contribution in [3.63, 3.8) is 0 Å². The van der Waals surface area contributed by atoms with Gasteiger partial charge in [-0.2, -0.15) is 0 Å². The van der Waals surface area contributed by atoms with E-state index in [1.54, 1.807) is 0 Å². The van der Waals surface area contributed by atoms with Gasteiger partial charge in [0.2, 0.25) is 5.91 Å². The Hall–Kier alpha value is -0.610. The number of amides is 1. The van der Waals surface area contributed by atoms with Crippen LogP contribution in [-0.4, -0.2) is 43.0 Å². The Morgan fingerprint density at radius 3 is 2.75 bits per heavy atom. The van der Waals surface area contributed by atoms with Gasteiger partial charge < -0.3 is 16.0 Å². The molecule has 4 heteroatoms. The molecule has 0 spiro atoms. The van der Waals surface area contributed by atoms with E-state index in [1.807, 2.05) is 6.92 Å². The van der Waals surface area contributed by atoms with Crippen LogP contribution in [0.3, 0.4) is 0 Å². The summed E-state index contributed by atoms with van der Waals surface area (Å²) >= 11 is 0. The molecule has 0 bridgehead atoms. The summed E-state index contributed by atoms with van der Waals surface area (Å²) in [6, 6.07) is 0.121. The normalized spacial score (nSPS) is 18.6. The summed E-state index contributed by atoms with van der Waals surface area (Å²) in [4.78, 5) is 13.8. The number of likely N-dealkylation sites (tertiary alicyclic amines) is 1. The van der Waals surface area contributed by atoms with Gasteiger partial charge in [-0.3, -0.25) is 4.79 Å². The van der Waals surface area contributed by atoms with E-state index in [0.717, 1.165) is 25.9 Å². The molecule has 1 amide bonds. The van der Waals surface area contributed by atoms with Crippen LogP contribution >= 0.6 is 0 Å². The first-order valence-electron chi connectivity index (χ1n) is 6.43. The summed E-state index contributed by atoms with van der Waals surface area (Å²) in [5.41, 5.74) is 5.59. The zero-order chi connectivity index (χ0) is 11.8. The summed E-state index contributed by atoms with van der Waals surface area (Å²) in [7, 11) is 0. The molecule has 94 valence electrons. The number of carbonyl (C=O) groups is 1. The van der Waals surface area contributed by atoms with Crippen LogP contribution < -0.4 is 11.1 Å². The van der Waals surface area contributed by atoms with Crippen molar-refractivity contribution in [2.24, 2.45) is 5.73 Å². The zero-order valence-corrected chi connectivity index (χ0v) is 10.4. The minimum atomic E-state index is 0.121. The van der Waals surface area contributed by atoms with Crippen molar-refractivity contribution in [2.45, 2.75) is 45.1 Å². The average molecular weight is 227 g/mol. The maximum atomic E-state index is 11.4. The van der Waals surface area contributed by atoms with E-state index in [-0.39, 0.29) is 11.9 Å². The Morgan fingerprint density at radius 2 is 2.12 bits per heavy atom. The van der Waals surface area contributed by atoms with Crippen LogP contribution in [0, 0.1) is 0 Å². The van der Waals surface area contributed by atoms with Crippen molar-refractivity contribution in [1.82, 2.24) is 10.2 Å². The molecule has 0 aromatic rings. The van der Waals surface area contributed by atoms with Crippen LogP contribution in [0.15, 0.2) is 0 Å². The van der Waals surface area contributed by atoms with Crippen LogP contribution in [0.1, 0.15) is 39.0 Å². The Kier molecular flexibility index (Phi) is 6.42. The maximum Gasteiger partial charge on any atom is 0.220 e. The number of hydrogen-bond donors (Lipinski definition) is 2. The quantitative estimate of drug-likeness (QED) is 0.630. The van der Waals surface area contributed by atoms with Gasteiger partial charge in [-0.1, -0.05) is 0 Å². The number of hydrogen-bond acceptors (Lipinski definition) is 3. The van der Waals surface area contributed by atoms with Gasteiger partial charge in [-0.15, -0.1) is 0 Å².